The molecule has 0 bridgehead atoms. The molecule has 1 aromatic carbocycles. The first kappa shape index (κ1) is 13.9. The van der Waals surface area contributed by atoms with E-state index in [1.165, 1.54) is 0 Å². The Kier molecular flexibility index (Phi) is 4.43. The molecule has 19 heavy (non-hydrogen) atoms. The summed E-state index contributed by atoms with van der Waals surface area (Å²) < 4.78 is 11.5. The molecule has 0 aliphatic heterocycles. The molecule has 2 atom stereocenters. The van der Waals surface area contributed by atoms with Crippen LogP contribution in [-0.2, 0) is 4.74 Å². The van der Waals surface area contributed by atoms with Crippen molar-refractivity contribution >= 4 is 5.84 Å². The number of nitrogens with two attached hydrogens (primary N) is 1. The summed E-state index contributed by atoms with van der Waals surface area (Å²) in [6.07, 6.45) is 4.73. The van der Waals surface area contributed by atoms with Crippen LogP contribution < -0.4 is 10.5 Å². The van der Waals surface area contributed by atoms with Gasteiger partial charge in [-0.05, 0) is 37.8 Å². The Labute approximate surface area is 114 Å². The summed E-state index contributed by atoms with van der Waals surface area (Å²) in [7, 11) is 1.76. The molecule has 104 valence electrons. The quantitative estimate of drug-likeness (QED) is 0.647. The minimum absolute atomic E-state index is 0.0725. The Morgan fingerprint density at radius 1 is 1.32 bits per heavy atom. The van der Waals surface area contributed by atoms with Crippen LogP contribution in [0.4, 0.5) is 0 Å². The zero-order valence-corrected chi connectivity index (χ0v) is 11.6. The van der Waals surface area contributed by atoms with Gasteiger partial charge in [-0.3, -0.25) is 5.41 Å². The number of aryl methyl sites for hydroxylation is 1. The van der Waals surface area contributed by atoms with E-state index in [1.54, 1.807) is 7.11 Å². The third-order valence-corrected chi connectivity index (χ3v) is 3.70. The van der Waals surface area contributed by atoms with Crippen molar-refractivity contribution in [2.24, 2.45) is 5.73 Å². The second-order valence-electron chi connectivity index (χ2n) is 5.16. The van der Waals surface area contributed by atoms with Crippen molar-refractivity contribution in [2.75, 3.05) is 7.11 Å². The highest BCUT2D eigenvalue weighted by Crippen LogP contribution is 2.27. The highest BCUT2D eigenvalue weighted by Gasteiger charge is 2.23. The lowest BCUT2D eigenvalue weighted by molar-refractivity contribution is 0.0207. The van der Waals surface area contributed by atoms with Gasteiger partial charge in [0.25, 0.3) is 0 Å². The van der Waals surface area contributed by atoms with Gasteiger partial charge in [0.15, 0.2) is 0 Å². The molecule has 4 nitrogen and oxygen atoms in total. The van der Waals surface area contributed by atoms with Crippen LogP contribution in [0.25, 0.3) is 0 Å². The van der Waals surface area contributed by atoms with Crippen molar-refractivity contribution in [2.45, 2.75) is 44.8 Å². The third kappa shape index (κ3) is 3.47. The van der Waals surface area contributed by atoms with Gasteiger partial charge in [0.05, 0.1) is 6.10 Å². The number of ether oxygens (including phenoxy) is 2. The first-order chi connectivity index (χ1) is 9.10. The van der Waals surface area contributed by atoms with Gasteiger partial charge in [-0.1, -0.05) is 12.1 Å². The largest absolute Gasteiger partial charge is 0.490 e. The molecular formula is C15H22N2O2. The number of hydrogen-bond donors (Lipinski definition) is 2. The maximum atomic E-state index is 7.49. The number of methoxy groups -OCH3 is 1. The summed E-state index contributed by atoms with van der Waals surface area (Å²) in [6.45, 7) is 2.01. The lowest BCUT2D eigenvalue weighted by Crippen LogP contribution is -2.29. The van der Waals surface area contributed by atoms with E-state index in [9.17, 15) is 0 Å². The molecular weight excluding hydrogens is 240 g/mol. The average molecular weight is 262 g/mol. The Bertz CT molecular complexity index is 459. The molecule has 0 aromatic heterocycles. The molecule has 1 aliphatic carbocycles. The predicted octanol–water partition coefficient (Wildman–Crippen LogP) is 2.62. The Morgan fingerprint density at radius 3 is 2.74 bits per heavy atom. The smallest absolute Gasteiger partial charge is 0.123 e. The normalized spacial score (nSPS) is 23.1. The van der Waals surface area contributed by atoms with Crippen molar-refractivity contribution in [1.82, 2.24) is 0 Å². The lowest BCUT2D eigenvalue weighted by Gasteiger charge is -2.29. The zero-order chi connectivity index (χ0) is 13.8. The predicted molar refractivity (Wildman–Crippen MR) is 75.9 cm³/mol. The summed E-state index contributed by atoms with van der Waals surface area (Å²) >= 11 is 0. The van der Waals surface area contributed by atoms with Gasteiger partial charge in [-0.25, -0.2) is 0 Å². The van der Waals surface area contributed by atoms with Crippen LogP contribution >= 0.6 is 0 Å². The maximum Gasteiger partial charge on any atom is 0.123 e. The topological polar surface area (TPSA) is 68.3 Å². The molecule has 4 heteroatoms. The molecule has 0 saturated heterocycles. The summed E-state index contributed by atoms with van der Waals surface area (Å²) in [5.41, 5.74) is 7.30. The molecule has 1 fully saturated rings. The van der Waals surface area contributed by atoms with E-state index in [1.807, 2.05) is 25.1 Å². The van der Waals surface area contributed by atoms with Crippen molar-refractivity contribution in [3.8, 4) is 5.75 Å². The number of nitrogens with one attached hydrogen (secondary N) is 1. The van der Waals surface area contributed by atoms with Crippen LogP contribution in [-0.4, -0.2) is 25.2 Å². The van der Waals surface area contributed by atoms with Crippen molar-refractivity contribution in [1.29, 1.82) is 5.41 Å². The van der Waals surface area contributed by atoms with E-state index in [4.69, 9.17) is 20.6 Å². The second-order valence-corrected chi connectivity index (χ2v) is 5.16. The van der Waals surface area contributed by atoms with Crippen molar-refractivity contribution in [3.63, 3.8) is 0 Å². The van der Waals surface area contributed by atoms with Crippen LogP contribution in [0.2, 0.25) is 0 Å². The summed E-state index contributed by atoms with van der Waals surface area (Å²) in [5, 5.41) is 7.49. The summed E-state index contributed by atoms with van der Waals surface area (Å²) in [5.74, 6) is 0.901. The fraction of sp³-hybridized carbons (Fsp3) is 0.533. The lowest BCUT2D eigenvalue weighted by atomic mass is 9.95. The number of rotatable bonds is 4. The zero-order valence-electron chi connectivity index (χ0n) is 11.6. The maximum absolute atomic E-state index is 7.49. The first-order valence-corrected chi connectivity index (χ1v) is 6.74. The first-order valence-electron chi connectivity index (χ1n) is 6.74. The van der Waals surface area contributed by atoms with E-state index in [0.717, 1.165) is 37.0 Å². The van der Waals surface area contributed by atoms with Crippen LogP contribution in [0.15, 0.2) is 18.2 Å². The van der Waals surface area contributed by atoms with E-state index >= 15 is 0 Å². The fourth-order valence-corrected chi connectivity index (χ4v) is 2.50. The molecule has 1 aromatic rings. The van der Waals surface area contributed by atoms with Gasteiger partial charge in [0.2, 0.25) is 0 Å². The van der Waals surface area contributed by atoms with Gasteiger partial charge < -0.3 is 15.2 Å². The van der Waals surface area contributed by atoms with Crippen LogP contribution in [0, 0.1) is 12.3 Å². The van der Waals surface area contributed by atoms with E-state index in [-0.39, 0.29) is 11.9 Å². The van der Waals surface area contributed by atoms with Crippen LogP contribution in [0.5, 0.6) is 5.75 Å². The summed E-state index contributed by atoms with van der Waals surface area (Å²) in [4.78, 5) is 0. The fourth-order valence-electron chi connectivity index (χ4n) is 2.50. The minimum atomic E-state index is 0.0725. The minimum Gasteiger partial charge on any atom is -0.490 e. The monoisotopic (exact) mass is 262 g/mol. The molecule has 2 rings (SSSR count). The van der Waals surface area contributed by atoms with E-state index < -0.39 is 0 Å². The van der Waals surface area contributed by atoms with Gasteiger partial charge >= 0.3 is 0 Å². The van der Waals surface area contributed by atoms with E-state index in [0.29, 0.717) is 11.7 Å². The highest BCUT2D eigenvalue weighted by molar-refractivity contribution is 5.95. The van der Waals surface area contributed by atoms with E-state index in [2.05, 4.69) is 0 Å². The molecule has 2 unspecified atom stereocenters. The van der Waals surface area contributed by atoms with Gasteiger partial charge in [-0.15, -0.1) is 0 Å². The molecule has 1 saturated carbocycles. The molecule has 0 heterocycles. The van der Waals surface area contributed by atoms with Crippen molar-refractivity contribution in [3.05, 3.63) is 29.3 Å². The van der Waals surface area contributed by atoms with Crippen LogP contribution in [0.1, 0.15) is 36.8 Å². The summed E-state index contributed by atoms with van der Waals surface area (Å²) in [6, 6.07) is 5.65. The van der Waals surface area contributed by atoms with Crippen LogP contribution in [0.3, 0.4) is 0 Å². The molecule has 0 amide bonds. The third-order valence-electron chi connectivity index (χ3n) is 3.70. The SMILES string of the molecule is COC1CCCC(Oc2cc(C(=N)N)ccc2C)C1. The highest BCUT2D eigenvalue weighted by atomic mass is 16.5. The number of amidine groups is 1. The number of benzene rings is 1. The second kappa shape index (κ2) is 6.06. The number of hydrogen-bond acceptors (Lipinski definition) is 3. The molecule has 1 aliphatic rings. The Balaban J connectivity index is 2.09. The Hall–Kier alpha value is -1.55. The van der Waals surface area contributed by atoms with Gasteiger partial charge in [0.1, 0.15) is 17.7 Å². The number of nitrogen functional groups attached to an aromatic ring is 1. The van der Waals surface area contributed by atoms with Gasteiger partial charge in [-0.2, -0.15) is 0 Å². The molecule has 0 spiro atoms. The Morgan fingerprint density at radius 2 is 2.05 bits per heavy atom. The standard InChI is InChI=1S/C15H22N2O2/c1-10-6-7-11(15(16)17)8-14(10)19-13-5-3-4-12(9-13)18-2/h6-8,12-13H,3-5,9H2,1-2H3,(H3,16,17). The molecule has 3 N–H and O–H groups in total. The molecule has 0 radical (unpaired) electrons. The van der Waals surface area contributed by atoms with Crippen molar-refractivity contribution < 1.29 is 9.47 Å². The van der Waals surface area contributed by atoms with Gasteiger partial charge in [0, 0.05) is 19.1 Å². The average Bonchev–Trinajstić information content (AvgIpc) is 2.41.